The average Bonchev–Trinajstić information content (AvgIpc) is 2.77. The lowest BCUT2D eigenvalue weighted by atomic mass is 10.2. The van der Waals surface area contributed by atoms with Crippen LogP contribution in [-0.4, -0.2) is 59.4 Å². The molecule has 2 aromatic rings. The molecule has 21 heavy (non-hydrogen) atoms. The number of hydrogen-bond acceptors (Lipinski definition) is 4. The first kappa shape index (κ1) is 14.6. The smallest absolute Gasteiger partial charge is 0.153 e. The lowest BCUT2D eigenvalue weighted by Gasteiger charge is -2.32. The van der Waals surface area contributed by atoms with E-state index in [2.05, 4.69) is 21.9 Å². The molecular formula is C15H22ClN5. The highest BCUT2D eigenvalue weighted by Crippen LogP contribution is 2.24. The molecule has 0 atom stereocenters. The normalized spacial score (nSPS) is 17.6. The van der Waals surface area contributed by atoms with Gasteiger partial charge in [-0.1, -0.05) is 11.6 Å². The molecule has 1 saturated heterocycles. The minimum absolute atomic E-state index is 0.562. The number of hydrogen-bond donors (Lipinski definition) is 1. The van der Waals surface area contributed by atoms with Crippen molar-refractivity contribution in [1.82, 2.24) is 19.6 Å². The van der Waals surface area contributed by atoms with Crippen LogP contribution in [0.5, 0.6) is 0 Å². The Hall–Kier alpha value is -1.30. The minimum atomic E-state index is 0.562. The molecule has 0 spiro atoms. The van der Waals surface area contributed by atoms with Crippen LogP contribution in [0.15, 0.2) is 18.2 Å². The number of rotatable bonds is 4. The van der Waals surface area contributed by atoms with Crippen LogP contribution in [-0.2, 0) is 6.54 Å². The van der Waals surface area contributed by atoms with E-state index in [9.17, 15) is 0 Å². The molecular weight excluding hydrogens is 286 g/mol. The Morgan fingerprint density at radius 2 is 1.95 bits per heavy atom. The Labute approximate surface area is 130 Å². The molecule has 5 nitrogen and oxygen atoms in total. The van der Waals surface area contributed by atoms with Crippen molar-refractivity contribution in [3.63, 3.8) is 0 Å². The van der Waals surface area contributed by atoms with Gasteiger partial charge in [0.1, 0.15) is 0 Å². The first-order valence-corrected chi connectivity index (χ1v) is 7.84. The Morgan fingerprint density at radius 3 is 2.71 bits per heavy atom. The first-order chi connectivity index (χ1) is 10.1. The summed E-state index contributed by atoms with van der Waals surface area (Å²) in [6.45, 7) is 6.65. The number of nitrogen functional groups attached to an aromatic ring is 1. The maximum atomic E-state index is 6.01. The number of nitrogens with zero attached hydrogens (tertiary/aromatic N) is 4. The summed E-state index contributed by atoms with van der Waals surface area (Å²) < 4.78 is 2.00. The highest BCUT2D eigenvalue weighted by molar-refractivity contribution is 6.31. The van der Waals surface area contributed by atoms with Gasteiger partial charge in [-0.2, -0.15) is 5.10 Å². The van der Waals surface area contributed by atoms with E-state index in [0.717, 1.165) is 56.6 Å². The van der Waals surface area contributed by atoms with Crippen LogP contribution in [0.3, 0.4) is 0 Å². The van der Waals surface area contributed by atoms with Crippen LogP contribution in [0.25, 0.3) is 10.9 Å². The summed E-state index contributed by atoms with van der Waals surface area (Å²) in [7, 11) is 2.18. The maximum Gasteiger partial charge on any atom is 0.153 e. The zero-order valence-electron chi connectivity index (χ0n) is 12.4. The monoisotopic (exact) mass is 307 g/mol. The molecule has 0 bridgehead atoms. The molecule has 1 aromatic carbocycles. The van der Waals surface area contributed by atoms with Gasteiger partial charge in [0.15, 0.2) is 5.82 Å². The van der Waals surface area contributed by atoms with E-state index < -0.39 is 0 Å². The molecule has 0 radical (unpaired) electrons. The van der Waals surface area contributed by atoms with Gasteiger partial charge in [-0.05, 0) is 38.2 Å². The second kappa shape index (κ2) is 6.22. The number of piperazine rings is 1. The van der Waals surface area contributed by atoms with Crippen LogP contribution >= 0.6 is 11.6 Å². The zero-order valence-corrected chi connectivity index (χ0v) is 13.2. The van der Waals surface area contributed by atoms with Crippen molar-refractivity contribution in [1.29, 1.82) is 0 Å². The topological polar surface area (TPSA) is 50.3 Å². The van der Waals surface area contributed by atoms with Gasteiger partial charge >= 0.3 is 0 Å². The molecule has 0 saturated carbocycles. The third-order valence-corrected chi connectivity index (χ3v) is 4.42. The highest BCUT2D eigenvalue weighted by atomic mass is 35.5. The summed E-state index contributed by atoms with van der Waals surface area (Å²) in [5.41, 5.74) is 7.03. The van der Waals surface area contributed by atoms with Gasteiger partial charge in [-0.3, -0.25) is 4.68 Å². The summed E-state index contributed by atoms with van der Waals surface area (Å²) in [6.07, 6.45) is 1.09. The molecule has 6 heteroatoms. The van der Waals surface area contributed by atoms with Gasteiger partial charge in [0.2, 0.25) is 0 Å². The molecule has 1 aliphatic heterocycles. The van der Waals surface area contributed by atoms with E-state index in [1.807, 2.05) is 22.9 Å². The van der Waals surface area contributed by atoms with Gasteiger partial charge < -0.3 is 15.5 Å². The van der Waals surface area contributed by atoms with Gasteiger partial charge in [0.05, 0.1) is 5.52 Å². The molecule has 1 aromatic heterocycles. The predicted octanol–water partition coefficient (Wildman–Crippen LogP) is 1.91. The maximum absolute atomic E-state index is 6.01. The Morgan fingerprint density at radius 1 is 1.19 bits per heavy atom. The molecule has 0 unspecified atom stereocenters. The average molecular weight is 308 g/mol. The molecule has 114 valence electrons. The van der Waals surface area contributed by atoms with E-state index in [-0.39, 0.29) is 0 Å². The Kier molecular flexibility index (Phi) is 4.33. The van der Waals surface area contributed by atoms with Crippen molar-refractivity contribution in [3.05, 3.63) is 23.2 Å². The van der Waals surface area contributed by atoms with Crippen LogP contribution < -0.4 is 5.73 Å². The lowest BCUT2D eigenvalue weighted by molar-refractivity contribution is 0.151. The van der Waals surface area contributed by atoms with E-state index in [1.54, 1.807) is 0 Å². The second-order valence-corrected chi connectivity index (χ2v) is 6.20. The summed E-state index contributed by atoms with van der Waals surface area (Å²) >= 11 is 6.01. The minimum Gasteiger partial charge on any atom is -0.382 e. The Bertz CT molecular complexity index is 616. The molecule has 2 N–H and O–H groups in total. The first-order valence-electron chi connectivity index (χ1n) is 7.46. The predicted molar refractivity (Wildman–Crippen MR) is 87.7 cm³/mol. The van der Waals surface area contributed by atoms with Crippen LogP contribution in [0.1, 0.15) is 6.42 Å². The number of fused-ring (bicyclic) bond motifs is 1. The van der Waals surface area contributed by atoms with Crippen molar-refractivity contribution in [3.8, 4) is 0 Å². The summed E-state index contributed by atoms with van der Waals surface area (Å²) in [5.74, 6) is 0.562. The van der Waals surface area contributed by atoms with E-state index in [4.69, 9.17) is 17.3 Å². The van der Waals surface area contributed by atoms with Gasteiger partial charge in [0.25, 0.3) is 0 Å². The molecule has 2 heterocycles. The van der Waals surface area contributed by atoms with Crippen molar-refractivity contribution >= 4 is 28.3 Å². The number of nitrogens with two attached hydrogens (primary N) is 1. The third-order valence-electron chi connectivity index (χ3n) is 4.18. The SMILES string of the molecule is CN1CCN(CCCn2nc(N)c3cc(Cl)ccc32)CC1. The van der Waals surface area contributed by atoms with Crippen LogP contribution in [0.2, 0.25) is 5.02 Å². The van der Waals surface area contributed by atoms with Gasteiger partial charge in [0, 0.05) is 43.1 Å². The van der Waals surface area contributed by atoms with Gasteiger partial charge in [-0.15, -0.1) is 0 Å². The lowest BCUT2D eigenvalue weighted by Crippen LogP contribution is -2.44. The molecule has 0 aliphatic carbocycles. The standard InChI is InChI=1S/C15H22ClN5/c1-19-7-9-20(10-8-19)5-2-6-21-14-4-3-12(16)11-13(14)15(17)18-21/h3-4,11H,2,5-10H2,1H3,(H2,17,18). The number of likely N-dealkylation sites (N-methyl/N-ethyl adjacent to an activating group) is 1. The fourth-order valence-electron chi connectivity index (χ4n) is 2.86. The number of anilines is 1. The van der Waals surface area contributed by atoms with E-state index >= 15 is 0 Å². The number of halogens is 1. The van der Waals surface area contributed by atoms with E-state index in [1.165, 1.54) is 0 Å². The summed E-state index contributed by atoms with van der Waals surface area (Å²) in [5, 5.41) is 6.08. The van der Waals surface area contributed by atoms with E-state index in [0.29, 0.717) is 10.8 Å². The highest BCUT2D eigenvalue weighted by Gasteiger charge is 2.13. The van der Waals surface area contributed by atoms with Crippen LogP contribution in [0.4, 0.5) is 5.82 Å². The number of aryl methyl sites for hydroxylation is 1. The fourth-order valence-corrected chi connectivity index (χ4v) is 3.03. The second-order valence-electron chi connectivity index (χ2n) is 5.77. The largest absolute Gasteiger partial charge is 0.382 e. The van der Waals surface area contributed by atoms with Crippen molar-refractivity contribution in [2.24, 2.45) is 0 Å². The molecule has 1 aliphatic rings. The zero-order chi connectivity index (χ0) is 14.8. The Balaban J connectivity index is 1.61. The summed E-state index contributed by atoms with van der Waals surface area (Å²) in [6, 6.07) is 5.77. The quantitative estimate of drug-likeness (QED) is 0.937. The molecule has 0 amide bonds. The van der Waals surface area contributed by atoms with Crippen molar-refractivity contribution in [2.75, 3.05) is 45.5 Å². The van der Waals surface area contributed by atoms with Crippen molar-refractivity contribution in [2.45, 2.75) is 13.0 Å². The third kappa shape index (κ3) is 3.31. The molecule has 1 fully saturated rings. The van der Waals surface area contributed by atoms with Crippen LogP contribution in [0, 0.1) is 0 Å². The summed E-state index contributed by atoms with van der Waals surface area (Å²) in [4.78, 5) is 4.90. The number of aromatic nitrogens is 2. The van der Waals surface area contributed by atoms with Crippen molar-refractivity contribution < 1.29 is 0 Å². The van der Waals surface area contributed by atoms with Gasteiger partial charge in [-0.25, -0.2) is 0 Å². The molecule has 3 rings (SSSR count). The number of benzene rings is 1. The fraction of sp³-hybridized carbons (Fsp3) is 0.533.